The van der Waals surface area contributed by atoms with Gasteiger partial charge in [-0.1, -0.05) is 36.4 Å². The summed E-state index contributed by atoms with van der Waals surface area (Å²) in [6.07, 6.45) is 1.74. The van der Waals surface area contributed by atoms with E-state index in [0.717, 1.165) is 52.3 Å². The predicted octanol–water partition coefficient (Wildman–Crippen LogP) is 4.18. The Balaban J connectivity index is 1.43. The van der Waals surface area contributed by atoms with Crippen molar-refractivity contribution < 1.29 is 4.74 Å². The van der Waals surface area contributed by atoms with Crippen LogP contribution in [-0.4, -0.2) is 39.9 Å². The molecule has 1 atom stereocenters. The van der Waals surface area contributed by atoms with Crippen LogP contribution in [0.1, 0.15) is 22.9 Å². The molecule has 0 amide bonds. The van der Waals surface area contributed by atoms with Crippen LogP contribution in [0.5, 0.6) is 0 Å². The van der Waals surface area contributed by atoms with Crippen molar-refractivity contribution in [1.29, 1.82) is 0 Å². The van der Waals surface area contributed by atoms with Crippen LogP contribution in [0.2, 0.25) is 0 Å². The number of nitrogens with zero attached hydrogens (tertiary/aromatic N) is 4. The van der Waals surface area contributed by atoms with E-state index in [1.807, 2.05) is 56.3 Å². The molecule has 3 N–H and O–H groups in total. The maximum atomic E-state index is 5.64. The minimum absolute atomic E-state index is 0.133. The zero-order chi connectivity index (χ0) is 21.9. The number of hydrogen-bond acceptors (Lipinski definition) is 8. The summed E-state index contributed by atoms with van der Waals surface area (Å²) in [5.74, 6) is 1.19. The number of benzene rings is 2. The molecule has 8 heteroatoms. The fourth-order valence-corrected chi connectivity index (χ4v) is 3.94. The lowest BCUT2D eigenvalue weighted by Gasteiger charge is -2.26. The van der Waals surface area contributed by atoms with Crippen molar-refractivity contribution in [3.8, 4) is 0 Å². The molecule has 4 aromatic rings. The van der Waals surface area contributed by atoms with Crippen LogP contribution >= 0.6 is 0 Å². The van der Waals surface area contributed by atoms with Crippen molar-refractivity contribution >= 4 is 34.0 Å². The molecule has 1 fully saturated rings. The van der Waals surface area contributed by atoms with Crippen LogP contribution < -0.4 is 16.0 Å². The molecule has 8 nitrogen and oxygen atoms in total. The Bertz CT molecular complexity index is 1250. The molecular formula is C24H25N7O. The molecule has 0 aliphatic carbocycles. The second-order valence-electron chi connectivity index (χ2n) is 7.82. The van der Waals surface area contributed by atoms with E-state index in [9.17, 15) is 0 Å². The van der Waals surface area contributed by atoms with Gasteiger partial charge in [0.25, 0.3) is 0 Å². The van der Waals surface area contributed by atoms with Crippen LogP contribution in [0.4, 0.5) is 23.1 Å². The molecule has 0 spiro atoms. The van der Waals surface area contributed by atoms with E-state index in [-0.39, 0.29) is 6.04 Å². The number of hydrogen-bond donors (Lipinski definition) is 3. The van der Waals surface area contributed by atoms with Gasteiger partial charge in [0.1, 0.15) is 5.82 Å². The normalized spacial score (nSPS) is 16.1. The average Bonchev–Trinajstić information content (AvgIpc) is 2.82. The van der Waals surface area contributed by atoms with Gasteiger partial charge in [-0.05, 0) is 37.1 Å². The van der Waals surface area contributed by atoms with Crippen molar-refractivity contribution in [1.82, 2.24) is 25.5 Å². The number of morpholine rings is 1. The highest BCUT2D eigenvalue weighted by Crippen LogP contribution is 2.29. The van der Waals surface area contributed by atoms with Crippen LogP contribution in [0.3, 0.4) is 0 Å². The van der Waals surface area contributed by atoms with Gasteiger partial charge in [0.05, 0.1) is 36.2 Å². The molecule has 1 unspecified atom stereocenters. The number of nitrogens with one attached hydrogen (secondary N) is 3. The van der Waals surface area contributed by atoms with E-state index in [2.05, 4.69) is 42.2 Å². The van der Waals surface area contributed by atoms with Crippen molar-refractivity contribution in [3.63, 3.8) is 0 Å². The first-order valence-corrected chi connectivity index (χ1v) is 10.7. The number of rotatable bonds is 5. The summed E-state index contributed by atoms with van der Waals surface area (Å²) in [5.41, 5.74) is 5.75. The lowest BCUT2D eigenvalue weighted by molar-refractivity contribution is 0.0771. The minimum atomic E-state index is 0.133. The highest BCUT2D eigenvalue weighted by molar-refractivity contribution is 5.95. The fraction of sp³-hybridized carbons (Fsp3) is 0.250. The van der Waals surface area contributed by atoms with Crippen LogP contribution in [0.15, 0.2) is 54.7 Å². The summed E-state index contributed by atoms with van der Waals surface area (Å²) < 4.78 is 5.64. The molecule has 2 aromatic carbocycles. The number of ether oxygens (including phenoxy) is 1. The summed E-state index contributed by atoms with van der Waals surface area (Å²) >= 11 is 0. The number of para-hydroxylation sites is 1. The monoisotopic (exact) mass is 427 g/mol. The zero-order valence-corrected chi connectivity index (χ0v) is 18.1. The van der Waals surface area contributed by atoms with Gasteiger partial charge in [0.2, 0.25) is 5.95 Å². The number of aryl methyl sites for hydroxylation is 2. The molecule has 0 bridgehead atoms. The maximum absolute atomic E-state index is 5.64. The third kappa shape index (κ3) is 4.10. The van der Waals surface area contributed by atoms with E-state index < -0.39 is 0 Å². The molecule has 1 aliphatic rings. The smallest absolute Gasteiger partial charge is 0.229 e. The van der Waals surface area contributed by atoms with Crippen LogP contribution in [0.25, 0.3) is 10.9 Å². The third-order valence-electron chi connectivity index (χ3n) is 5.58. The lowest BCUT2D eigenvalue weighted by Crippen LogP contribution is -2.34. The summed E-state index contributed by atoms with van der Waals surface area (Å²) in [5, 5.41) is 20.0. The maximum Gasteiger partial charge on any atom is 0.229 e. The Labute approximate surface area is 186 Å². The van der Waals surface area contributed by atoms with Gasteiger partial charge in [-0.15, -0.1) is 5.10 Å². The van der Waals surface area contributed by atoms with Gasteiger partial charge in [-0.2, -0.15) is 10.1 Å². The summed E-state index contributed by atoms with van der Waals surface area (Å²) in [6.45, 7) is 6.18. The summed E-state index contributed by atoms with van der Waals surface area (Å²) in [4.78, 5) is 9.11. The van der Waals surface area contributed by atoms with Gasteiger partial charge < -0.3 is 20.7 Å². The average molecular weight is 428 g/mol. The van der Waals surface area contributed by atoms with Crippen LogP contribution in [-0.2, 0) is 4.74 Å². The zero-order valence-electron chi connectivity index (χ0n) is 18.1. The second-order valence-corrected chi connectivity index (χ2v) is 7.82. The van der Waals surface area contributed by atoms with Gasteiger partial charge in [0.15, 0.2) is 0 Å². The largest absolute Gasteiger partial charge is 0.378 e. The Hall–Kier alpha value is -3.62. The Morgan fingerprint density at radius 2 is 1.91 bits per heavy atom. The molecule has 162 valence electrons. The van der Waals surface area contributed by atoms with Crippen molar-refractivity contribution in [2.45, 2.75) is 19.9 Å². The fourth-order valence-electron chi connectivity index (χ4n) is 3.94. The molecule has 32 heavy (non-hydrogen) atoms. The molecule has 1 saturated heterocycles. The van der Waals surface area contributed by atoms with Gasteiger partial charge in [-0.25, -0.2) is 4.98 Å². The molecule has 0 radical (unpaired) electrons. The number of fused-ring (bicyclic) bond motifs is 1. The second kappa shape index (κ2) is 8.86. The molecule has 5 rings (SSSR count). The van der Waals surface area contributed by atoms with E-state index in [0.29, 0.717) is 18.4 Å². The van der Waals surface area contributed by atoms with Crippen molar-refractivity contribution in [2.75, 3.05) is 30.4 Å². The molecule has 2 aromatic heterocycles. The van der Waals surface area contributed by atoms with E-state index >= 15 is 0 Å². The van der Waals surface area contributed by atoms with E-state index in [4.69, 9.17) is 4.74 Å². The standard InChI is InChI=1S/C24H25N7O/c1-15-6-5-8-18-22(15)31-30-16(2)23(18)28-21-10-11-26-24(29-21)27-19-9-4-3-7-17(19)20-14-32-13-12-25-20/h3-11,20,25H,12-14H2,1-2H3,(H2,26,27,28,29,31). The molecule has 1 aliphatic heterocycles. The van der Waals surface area contributed by atoms with Gasteiger partial charge in [0, 0.05) is 23.8 Å². The Kier molecular flexibility index (Phi) is 5.62. The number of anilines is 4. The quantitative estimate of drug-likeness (QED) is 0.436. The van der Waals surface area contributed by atoms with Crippen molar-refractivity contribution in [2.24, 2.45) is 0 Å². The lowest BCUT2D eigenvalue weighted by atomic mass is 10.0. The first-order chi connectivity index (χ1) is 15.7. The molecular weight excluding hydrogens is 402 g/mol. The van der Waals surface area contributed by atoms with Crippen molar-refractivity contribution in [3.05, 3.63) is 71.5 Å². The highest BCUT2D eigenvalue weighted by Gasteiger charge is 2.18. The first kappa shape index (κ1) is 20.3. The first-order valence-electron chi connectivity index (χ1n) is 10.7. The van der Waals surface area contributed by atoms with E-state index in [1.54, 1.807) is 6.20 Å². The molecule has 0 saturated carbocycles. The predicted molar refractivity (Wildman–Crippen MR) is 126 cm³/mol. The Morgan fingerprint density at radius 1 is 1.00 bits per heavy atom. The van der Waals surface area contributed by atoms with Crippen LogP contribution in [0, 0.1) is 13.8 Å². The summed E-state index contributed by atoms with van der Waals surface area (Å²) in [7, 11) is 0. The van der Waals surface area contributed by atoms with Gasteiger partial charge >= 0.3 is 0 Å². The third-order valence-corrected chi connectivity index (χ3v) is 5.58. The Morgan fingerprint density at radius 3 is 2.78 bits per heavy atom. The summed E-state index contributed by atoms with van der Waals surface area (Å²) in [6, 6.07) is 16.2. The SMILES string of the molecule is Cc1nnc2c(C)cccc2c1Nc1ccnc(Nc2ccccc2C2COCCN2)n1. The van der Waals surface area contributed by atoms with Gasteiger partial charge in [-0.3, -0.25) is 0 Å². The topological polar surface area (TPSA) is 96.9 Å². The minimum Gasteiger partial charge on any atom is -0.378 e. The van der Waals surface area contributed by atoms with E-state index in [1.165, 1.54) is 0 Å². The molecule has 3 heterocycles. The highest BCUT2D eigenvalue weighted by atomic mass is 16.5. The number of aromatic nitrogens is 4.